The summed E-state index contributed by atoms with van der Waals surface area (Å²) >= 11 is 0. The van der Waals surface area contributed by atoms with E-state index >= 15 is 0 Å². The molecule has 2 aromatic rings. The Hall–Kier alpha value is -2.03. The zero-order chi connectivity index (χ0) is 15.4. The Labute approximate surface area is 136 Å². The van der Waals surface area contributed by atoms with E-state index in [9.17, 15) is 4.79 Å². The molecule has 3 heteroatoms. The van der Waals surface area contributed by atoms with Gasteiger partial charge in [-0.15, -0.1) is 0 Å². The first-order chi connectivity index (χ1) is 11.3. The molecule has 0 atom stereocenters. The minimum absolute atomic E-state index is 0.118. The number of aromatic nitrogens is 1. The first-order valence-corrected chi connectivity index (χ1v) is 8.89. The van der Waals surface area contributed by atoms with Gasteiger partial charge in [0, 0.05) is 23.9 Å². The van der Waals surface area contributed by atoms with Gasteiger partial charge in [0.05, 0.1) is 11.4 Å². The lowest BCUT2D eigenvalue weighted by Crippen LogP contribution is -2.43. The van der Waals surface area contributed by atoms with Crippen LogP contribution in [0, 0.1) is 5.41 Å². The summed E-state index contributed by atoms with van der Waals surface area (Å²) in [4.78, 5) is 18.4. The average molecular weight is 306 g/mol. The van der Waals surface area contributed by atoms with E-state index in [2.05, 4.69) is 35.3 Å². The van der Waals surface area contributed by atoms with Crippen LogP contribution >= 0.6 is 0 Å². The molecule has 1 saturated carbocycles. The van der Waals surface area contributed by atoms with Gasteiger partial charge in [-0.25, -0.2) is 0 Å². The third kappa shape index (κ3) is 1.92. The standard InChI is InChI=1S/C20H22N2O/c23-18-13-20(9-4-1-5-10-20)12-17-19-15(8-11-22(17)18)14-6-2-3-7-16(14)21-19/h2-3,6-7,12,21H,1,4-5,8-11,13H2. The third-order valence-electron chi connectivity index (χ3n) is 6.04. The molecule has 5 rings (SSSR count). The molecule has 1 aromatic heterocycles. The maximum Gasteiger partial charge on any atom is 0.227 e. The third-order valence-corrected chi connectivity index (χ3v) is 6.04. The van der Waals surface area contributed by atoms with Crippen molar-refractivity contribution in [3.63, 3.8) is 0 Å². The normalized spacial score (nSPS) is 22.9. The number of para-hydroxylation sites is 1. The fourth-order valence-electron chi connectivity index (χ4n) is 4.88. The summed E-state index contributed by atoms with van der Waals surface area (Å²) in [6.45, 7) is 0.829. The van der Waals surface area contributed by atoms with E-state index in [0.717, 1.165) is 18.7 Å². The van der Waals surface area contributed by atoms with Gasteiger partial charge in [-0.1, -0.05) is 43.5 Å². The van der Waals surface area contributed by atoms with Crippen molar-refractivity contribution >= 4 is 22.5 Å². The largest absolute Gasteiger partial charge is 0.353 e. The fourth-order valence-corrected chi connectivity index (χ4v) is 4.88. The van der Waals surface area contributed by atoms with Crippen molar-refractivity contribution in [2.75, 3.05) is 6.54 Å². The van der Waals surface area contributed by atoms with Crippen LogP contribution in [0.2, 0.25) is 0 Å². The molecule has 23 heavy (non-hydrogen) atoms. The number of rotatable bonds is 0. The lowest BCUT2D eigenvalue weighted by atomic mass is 9.69. The van der Waals surface area contributed by atoms with Crippen molar-refractivity contribution in [1.82, 2.24) is 9.88 Å². The van der Waals surface area contributed by atoms with Crippen molar-refractivity contribution in [3.8, 4) is 0 Å². The van der Waals surface area contributed by atoms with Crippen LogP contribution < -0.4 is 0 Å². The van der Waals surface area contributed by atoms with Crippen LogP contribution in [0.4, 0.5) is 0 Å². The summed E-state index contributed by atoms with van der Waals surface area (Å²) in [5.74, 6) is 0.328. The van der Waals surface area contributed by atoms with Gasteiger partial charge in [0.25, 0.3) is 0 Å². The number of allylic oxidation sites excluding steroid dienone is 1. The van der Waals surface area contributed by atoms with Gasteiger partial charge >= 0.3 is 0 Å². The molecule has 1 fully saturated rings. The summed E-state index contributed by atoms with van der Waals surface area (Å²) in [7, 11) is 0. The number of benzene rings is 1. The van der Waals surface area contributed by atoms with E-state index < -0.39 is 0 Å². The van der Waals surface area contributed by atoms with Gasteiger partial charge in [-0.2, -0.15) is 0 Å². The highest BCUT2D eigenvalue weighted by atomic mass is 16.2. The second kappa shape index (κ2) is 4.73. The number of H-pyrrole nitrogens is 1. The van der Waals surface area contributed by atoms with Gasteiger partial charge in [0.15, 0.2) is 0 Å². The minimum Gasteiger partial charge on any atom is -0.353 e. The van der Waals surface area contributed by atoms with E-state index in [-0.39, 0.29) is 5.41 Å². The number of carbonyl (C=O) groups is 1. The number of hydrogen-bond donors (Lipinski definition) is 1. The Morgan fingerprint density at radius 2 is 1.91 bits per heavy atom. The molecule has 3 nitrogen and oxygen atoms in total. The summed E-state index contributed by atoms with van der Waals surface area (Å²) < 4.78 is 0. The minimum atomic E-state index is 0.118. The number of fused-ring (bicyclic) bond motifs is 5. The number of aromatic amines is 1. The molecule has 118 valence electrons. The molecule has 1 aliphatic carbocycles. The lowest BCUT2D eigenvalue weighted by Gasteiger charge is -2.43. The lowest BCUT2D eigenvalue weighted by molar-refractivity contribution is -0.131. The Balaban J connectivity index is 1.70. The number of nitrogens with one attached hydrogen (secondary N) is 1. The van der Waals surface area contributed by atoms with Crippen LogP contribution in [-0.4, -0.2) is 22.3 Å². The first-order valence-electron chi connectivity index (χ1n) is 8.89. The summed E-state index contributed by atoms with van der Waals surface area (Å²) in [5.41, 5.74) is 5.04. The SMILES string of the molecule is O=C1CC2(C=C3c4[nH]c5ccccc5c4CCN13)CCCCC2. The average Bonchev–Trinajstić information content (AvgIpc) is 2.95. The van der Waals surface area contributed by atoms with E-state index in [4.69, 9.17) is 0 Å². The smallest absolute Gasteiger partial charge is 0.227 e. The molecule has 1 amide bonds. The molecule has 1 aromatic carbocycles. The van der Waals surface area contributed by atoms with Crippen molar-refractivity contribution in [2.45, 2.75) is 44.9 Å². The zero-order valence-electron chi connectivity index (χ0n) is 13.4. The number of carbonyl (C=O) groups excluding carboxylic acids is 1. The topological polar surface area (TPSA) is 36.1 Å². The molecule has 0 radical (unpaired) electrons. The maximum atomic E-state index is 12.8. The summed E-state index contributed by atoms with van der Waals surface area (Å²) in [6, 6.07) is 8.51. The highest BCUT2D eigenvalue weighted by molar-refractivity contribution is 5.96. The zero-order valence-corrected chi connectivity index (χ0v) is 13.4. The quantitative estimate of drug-likeness (QED) is 0.776. The monoisotopic (exact) mass is 306 g/mol. The second-order valence-electron chi connectivity index (χ2n) is 7.45. The predicted octanol–water partition coefficient (Wildman–Crippen LogP) is 4.25. The molecule has 1 N–H and O–H groups in total. The Morgan fingerprint density at radius 1 is 1.09 bits per heavy atom. The van der Waals surface area contributed by atoms with E-state index in [1.165, 1.54) is 54.3 Å². The van der Waals surface area contributed by atoms with Crippen molar-refractivity contribution in [2.24, 2.45) is 5.41 Å². The molecule has 2 aliphatic heterocycles. The number of hydrogen-bond acceptors (Lipinski definition) is 1. The molecule has 0 bridgehead atoms. The molecule has 3 aliphatic rings. The van der Waals surface area contributed by atoms with E-state index in [0.29, 0.717) is 12.3 Å². The van der Waals surface area contributed by atoms with E-state index in [1.807, 2.05) is 4.90 Å². The van der Waals surface area contributed by atoms with Crippen LogP contribution in [0.1, 0.15) is 49.8 Å². The molecule has 0 saturated heterocycles. The van der Waals surface area contributed by atoms with Gasteiger partial charge < -0.3 is 9.88 Å². The molecular formula is C20H22N2O. The number of nitrogens with zero attached hydrogens (tertiary/aromatic N) is 1. The number of amides is 1. The molecule has 1 spiro atoms. The van der Waals surface area contributed by atoms with Crippen molar-refractivity contribution < 1.29 is 4.79 Å². The van der Waals surface area contributed by atoms with Gasteiger partial charge in [-0.05, 0) is 36.3 Å². The van der Waals surface area contributed by atoms with Gasteiger partial charge in [0.2, 0.25) is 5.91 Å². The molecular weight excluding hydrogens is 284 g/mol. The predicted molar refractivity (Wildman–Crippen MR) is 91.8 cm³/mol. The summed E-state index contributed by atoms with van der Waals surface area (Å²) in [5, 5.41) is 1.32. The van der Waals surface area contributed by atoms with Gasteiger partial charge in [0.1, 0.15) is 0 Å². The first kappa shape index (κ1) is 13.4. The maximum absolute atomic E-state index is 12.8. The Kier molecular flexibility index (Phi) is 2.76. The van der Waals surface area contributed by atoms with Crippen LogP contribution in [0.3, 0.4) is 0 Å². The van der Waals surface area contributed by atoms with Crippen LogP contribution in [0.5, 0.6) is 0 Å². The van der Waals surface area contributed by atoms with Crippen LogP contribution in [0.25, 0.3) is 16.6 Å². The van der Waals surface area contributed by atoms with Crippen molar-refractivity contribution in [1.29, 1.82) is 0 Å². The van der Waals surface area contributed by atoms with Gasteiger partial charge in [-0.3, -0.25) is 4.79 Å². The highest BCUT2D eigenvalue weighted by Gasteiger charge is 2.41. The Morgan fingerprint density at radius 3 is 2.78 bits per heavy atom. The highest BCUT2D eigenvalue weighted by Crippen LogP contribution is 2.48. The molecule has 0 unspecified atom stereocenters. The summed E-state index contributed by atoms with van der Waals surface area (Å²) in [6.07, 6.45) is 10.3. The van der Waals surface area contributed by atoms with Crippen molar-refractivity contribution in [3.05, 3.63) is 41.6 Å². The second-order valence-corrected chi connectivity index (χ2v) is 7.45. The molecule has 3 heterocycles. The Bertz CT molecular complexity index is 823. The van der Waals surface area contributed by atoms with Crippen LogP contribution in [-0.2, 0) is 11.2 Å². The fraction of sp³-hybridized carbons (Fsp3) is 0.450. The van der Waals surface area contributed by atoms with Crippen LogP contribution in [0.15, 0.2) is 30.3 Å². The van der Waals surface area contributed by atoms with E-state index in [1.54, 1.807) is 0 Å².